The number of hydrogen-bond donors (Lipinski definition) is 1. The van der Waals surface area contributed by atoms with Crippen molar-refractivity contribution in [2.24, 2.45) is 5.92 Å². The number of aromatic nitrogens is 1. The minimum absolute atomic E-state index is 0.0162. The third-order valence-corrected chi connectivity index (χ3v) is 3.13. The molecule has 1 aromatic rings. The lowest BCUT2D eigenvalue weighted by Crippen LogP contribution is -2.38. The summed E-state index contributed by atoms with van der Waals surface area (Å²) in [6, 6.07) is 3.25. The van der Waals surface area contributed by atoms with Gasteiger partial charge in [-0.15, -0.1) is 11.6 Å². The predicted octanol–water partition coefficient (Wildman–Crippen LogP) is 2.73. The average Bonchev–Trinajstić information content (AvgIpc) is 2.28. The Bertz CT molecular complexity index is 354. The van der Waals surface area contributed by atoms with E-state index in [0.29, 0.717) is 16.6 Å². The number of carbonyl (C=O) groups is 1. The molecule has 1 rings (SSSR count). The monoisotopic (exact) mass is 260 g/mol. The van der Waals surface area contributed by atoms with E-state index in [4.69, 9.17) is 23.2 Å². The normalized spacial score (nSPS) is 14.2. The molecule has 0 saturated carbocycles. The van der Waals surface area contributed by atoms with Crippen LogP contribution >= 0.6 is 23.2 Å². The van der Waals surface area contributed by atoms with E-state index < -0.39 is 0 Å². The summed E-state index contributed by atoms with van der Waals surface area (Å²) in [6.45, 7) is 3.90. The number of hydrogen-bond acceptors (Lipinski definition) is 2. The molecule has 0 spiro atoms. The molecule has 88 valence electrons. The SMILES string of the molecule is CC(CCl)C(C)NC(=O)c1ccc(Cl)cn1. The Labute approximate surface area is 105 Å². The van der Waals surface area contributed by atoms with Gasteiger partial charge in [0.05, 0.1) is 5.02 Å². The van der Waals surface area contributed by atoms with Crippen molar-refractivity contribution < 1.29 is 4.79 Å². The summed E-state index contributed by atoms with van der Waals surface area (Å²) in [6.07, 6.45) is 1.45. The first-order valence-electron chi connectivity index (χ1n) is 5.03. The van der Waals surface area contributed by atoms with Crippen LogP contribution in [0.25, 0.3) is 0 Å². The fraction of sp³-hybridized carbons (Fsp3) is 0.455. The molecule has 1 N–H and O–H groups in total. The molecule has 16 heavy (non-hydrogen) atoms. The number of alkyl halides is 1. The van der Waals surface area contributed by atoms with Crippen LogP contribution in [0.4, 0.5) is 0 Å². The molecular weight excluding hydrogens is 247 g/mol. The molecule has 5 heteroatoms. The standard InChI is InChI=1S/C11H14Cl2N2O/c1-7(5-12)8(2)15-11(16)10-4-3-9(13)6-14-10/h3-4,6-8H,5H2,1-2H3,(H,15,16). The molecule has 0 radical (unpaired) electrons. The molecule has 1 heterocycles. The van der Waals surface area contributed by atoms with Crippen LogP contribution in [0.3, 0.4) is 0 Å². The summed E-state index contributed by atoms with van der Waals surface area (Å²) >= 11 is 11.4. The molecular formula is C11H14Cl2N2O. The summed E-state index contributed by atoms with van der Waals surface area (Å²) < 4.78 is 0. The first-order valence-corrected chi connectivity index (χ1v) is 5.94. The van der Waals surface area contributed by atoms with Gasteiger partial charge in [0, 0.05) is 18.1 Å². The van der Waals surface area contributed by atoms with Crippen molar-refractivity contribution in [3.8, 4) is 0 Å². The summed E-state index contributed by atoms with van der Waals surface area (Å²) in [5.74, 6) is 0.522. The maximum Gasteiger partial charge on any atom is 0.270 e. The summed E-state index contributed by atoms with van der Waals surface area (Å²) in [5, 5.41) is 3.35. The third kappa shape index (κ3) is 3.65. The Morgan fingerprint density at radius 3 is 2.69 bits per heavy atom. The molecule has 0 aliphatic rings. The fourth-order valence-corrected chi connectivity index (χ4v) is 1.45. The quantitative estimate of drug-likeness (QED) is 0.847. The lowest BCUT2D eigenvalue weighted by Gasteiger charge is -2.18. The van der Waals surface area contributed by atoms with Crippen LogP contribution in [-0.2, 0) is 0 Å². The smallest absolute Gasteiger partial charge is 0.270 e. The van der Waals surface area contributed by atoms with Crippen molar-refractivity contribution in [1.82, 2.24) is 10.3 Å². The van der Waals surface area contributed by atoms with Gasteiger partial charge < -0.3 is 5.32 Å². The second kappa shape index (κ2) is 6.06. The molecule has 1 amide bonds. The maximum atomic E-state index is 11.7. The Hall–Kier alpha value is -0.800. The zero-order valence-electron chi connectivity index (χ0n) is 9.21. The van der Waals surface area contributed by atoms with Gasteiger partial charge in [-0.25, -0.2) is 4.98 Å². The molecule has 0 aromatic carbocycles. The van der Waals surface area contributed by atoms with E-state index in [0.717, 1.165) is 0 Å². The molecule has 2 unspecified atom stereocenters. The van der Waals surface area contributed by atoms with Gasteiger partial charge in [0.15, 0.2) is 0 Å². The van der Waals surface area contributed by atoms with Crippen molar-refractivity contribution in [2.75, 3.05) is 5.88 Å². The fourth-order valence-electron chi connectivity index (χ4n) is 1.07. The van der Waals surface area contributed by atoms with E-state index in [9.17, 15) is 4.79 Å². The van der Waals surface area contributed by atoms with Gasteiger partial charge >= 0.3 is 0 Å². The van der Waals surface area contributed by atoms with Crippen LogP contribution in [0, 0.1) is 5.92 Å². The highest BCUT2D eigenvalue weighted by atomic mass is 35.5. The van der Waals surface area contributed by atoms with E-state index in [-0.39, 0.29) is 17.9 Å². The highest BCUT2D eigenvalue weighted by Crippen LogP contribution is 2.08. The Morgan fingerprint density at radius 2 is 2.19 bits per heavy atom. The van der Waals surface area contributed by atoms with Crippen molar-refractivity contribution >= 4 is 29.1 Å². The van der Waals surface area contributed by atoms with Crippen LogP contribution in [0.2, 0.25) is 5.02 Å². The zero-order valence-corrected chi connectivity index (χ0v) is 10.7. The van der Waals surface area contributed by atoms with Gasteiger partial charge in [-0.2, -0.15) is 0 Å². The molecule has 3 nitrogen and oxygen atoms in total. The first kappa shape index (κ1) is 13.3. The molecule has 2 atom stereocenters. The van der Waals surface area contributed by atoms with E-state index in [1.165, 1.54) is 6.20 Å². The van der Waals surface area contributed by atoms with Gasteiger partial charge in [-0.1, -0.05) is 18.5 Å². The zero-order chi connectivity index (χ0) is 12.1. The largest absolute Gasteiger partial charge is 0.348 e. The van der Waals surface area contributed by atoms with Crippen LogP contribution in [-0.4, -0.2) is 22.8 Å². The first-order chi connectivity index (χ1) is 7.54. The minimum atomic E-state index is -0.207. The minimum Gasteiger partial charge on any atom is -0.348 e. The van der Waals surface area contributed by atoms with E-state index in [1.807, 2.05) is 13.8 Å². The number of nitrogens with zero attached hydrogens (tertiary/aromatic N) is 1. The molecule has 0 aliphatic carbocycles. The number of nitrogens with one attached hydrogen (secondary N) is 1. The number of halogens is 2. The second-order valence-electron chi connectivity index (χ2n) is 3.76. The van der Waals surface area contributed by atoms with Crippen molar-refractivity contribution in [1.29, 1.82) is 0 Å². The third-order valence-electron chi connectivity index (χ3n) is 2.42. The number of rotatable bonds is 4. The lowest BCUT2D eigenvalue weighted by molar-refractivity contribution is 0.0926. The second-order valence-corrected chi connectivity index (χ2v) is 4.50. The Balaban J connectivity index is 2.62. The molecule has 0 fully saturated rings. The van der Waals surface area contributed by atoms with Gasteiger partial charge in [0.1, 0.15) is 5.69 Å². The Kier molecular flexibility index (Phi) is 5.03. The number of carbonyl (C=O) groups excluding carboxylic acids is 1. The van der Waals surface area contributed by atoms with Crippen LogP contribution in [0.1, 0.15) is 24.3 Å². The van der Waals surface area contributed by atoms with E-state index in [1.54, 1.807) is 12.1 Å². The van der Waals surface area contributed by atoms with Gasteiger partial charge in [-0.3, -0.25) is 4.79 Å². The van der Waals surface area contributed by atoms with Crippen LogP contribution in [0.5, 0.6) is 0 Å². The topological polar surface area (TPSA) is 42.0 Å². The molecule has 0 saturated heterocycles. The maximum absolute atomic E-state index is 11.7. The molecule has 0 bridgehead atoms. The summed E-state index contributed by atoms with van der Waals surface area (Å²) in [7, 11) is 0. The highest BCUT2D eigenvalue weighted by Gasteiger charge is 2.15. The molecule has 1 aromatic heterocycles. The molecule has 0 aliphatic heterocycles. The van der Waals surface area contributed by atoms with Gasteiger partial charge in [-0.05, 0) is 25.0 Å². The van der Waals surface area contributed by atoms with Gasteiger partial charge in [0.2, 0.25) is 0 Å². The van der Waals surface area contributed by atoms with Crippen LogP contribution in [0.15, 0.2) is 18.3 Å². The number of amides is 1. The predicted molar refractivity (Wildman–Crippen MR) is 66.1 cm³/mol. The van der Waals surface area contributed by atoms with Crippen molar-refractivity contribution in [3.05, 3.63) is 29.0 Å². The van der Waals surface area contributed by atoms with Crippen molar-refractivity contribution in [2.45, 2.75) is 19.9 Å². The van der Waals surface area contributed by atoms with Gasteiger partial charge in [0.25, 0.3) is 5.91 Å². The summed E-state index contributed by atoms with van der Waals surface area (Å²) in [4.78, 5) is 15.7. The van der Waals surface area contributed by atoms with E-state index >= 15 is 0 Å². The highest BCUT2D eigenvalue weighted by molar-refractivity contribution is 6.30. The lowest BCUT2D eigenvalue weighted by atomic mass is 10.1. The number of pyridine rings is 1. The van der Waals surface area contributed by atoms with Crippen molar-refractivity contribution in [3.63, 3.8) is 0 Å². The van der Waals surface area contributed by atoms with Crippen LogP contribution < -0.4 is 5.32 Å². The Morgan fingerprint density at radius 1 is 1.50 bits per heavy atom. The van der Waals surface area contributed by atoms with E-state index in [2.05, 4.69) is 10.3 Å². The average molecular weight is 261 g/mol. The summed E-state index contributed by atoms with van der Waals surface area (Å²) in [5.41, 5.74) is 0.359.